The Kier molecular flexibility index (Phi) is 14.9. The lowest BCUT2D eigenvalue weighted by Crippen LogP contribution is -2.13. The standard InChI is InChI=1S/C20H16Cl2N2O2S.C11H9ClN2.C8H6Cl2O3S/c1-27(2,26)14-7-8-15(18(22)12-14)20(25)24-13-6-9-17(21)16(11-13)19-5-3-4-10-23-19;12-10-5-4-8(13)7-9(10)11-3-1-2-6-14-11;1-14(12,13)5-2-3-6(8(10)11)7(9)4-5/h3-12H,1H2,2H3,(H,24,25);1-7H,13H2;2-4H,1H3. The van der Waals surface area contributed by atoms with Gasteiger partial charge in [-0.1, -0.05) is 58.5 Å². The number of halogens is 5. The van der Waals surface area contributed by atoms with Crippen molar-refractivity contribution in [2.24, 2.45) is 0 Å². The van der Waals surface area contributed by atoms with Crippen molar-refractivity contribution in [3.8, 4) is 22.5 Å². The summed E-state index contributed by atoms with van der Waals surface area (Å²) in [6.45, 7) is 0. The molecular formula is C39H31Cl5N4O5S2. The van der Waals surface area contributed by atoms with Gasteiger partial charge in [-0.3, -0.25) is 23.8 Å². The van der Waals surface area contributed by atoms with Crippen LogP contribution in [0.5, 0.6) is 0 Å². The van der Waals surface area contributed by atoms with E-state index in [0.717, 1.165) is 17.5 Å². The Morgan fingerprint density at radius 1 is 0.636 bits per heavy atom. The van der Waals surface area contributed by atoms with Crippen LogP contribution in [-0.4, -0.2) is 52.1 Å². The highest BCUT2D eigenvalue weighted by molar-refractivity contribution is 7.99. The third kappa shape index (κ3) is 12.3. The SMILES string of the molecule is C=S(C)(=O)c1ccc(C(=O)Nc2ccc(Cl)c(-c3ccccn3)c2)c(Cl)c1.CS(=O)(=O)c1ccc(C(=O)Cl)c(Cl)c1.Nc1ccc(Cl)c(-c2ccccn2)c1. The summed E-state index contributed by atoms with van der Waals surface area (Å²) >= 11 is 29.4. The summed E-state index contributed by atoms with van der Waals surface area (Å²) in [7, 11) is -5.71. The Labute approximate surface area is 344 Å². The highest BCUT2D eigenvalue weighted by atomic mass is 35.5. The Balaban J connectivity index is 0.000000202. The number of hydrogen-bond acceptors (Lipinski definition) is 8. The molecule has 55 heavy (non-hydrogen) atoms. The zero-order chi connectivity index (χ0) is 40.5. The fourth-order valence-electron chi connectivity index (χ4n) is 4.62. The molecule has 3 N–H and O–H groups in total. The van der Waals surface area contributed by atoms with Crippen molar-refractivity contribution in [2.45, 2.75) is 9.79 Å². The van der Waals surface area contributed by atoms with Gasteiger partial charge in [0.25, 0.3) is 11.1 Å². The fraction of sp³-hybridized carbons (Fsp3) is 0.0513. The maximum Gasteiger partial charge on any atom is 0.257 e. The minimum Gasteiger partial charge on any atom is -0.399 e. The molecule has 0 radical (unpaired) electrons. The van der Waals surface area contributed by atoms with Gasteiger partial charge in [-0.2, -0.15) is 0 Å². The topological polar surface area (TPSA) is 149 Å². The third-order valence-electron chi connectivity index (χ3n) is 7.36. The minimum atomic E-state index is -3.31. The molecule has 2 aromatic heterocycles. The molecule has 2 heterocycles. The molecule has 9 nitrogen and oxygen atoms in total. The fourth-order valence-corrected chi connectivity index (χ4v) is 7.29. The van der Waals surface area contributed by atoms with E-state index in [1.54, 1.807) is 48.8 Å². The van der Waals surface area contributed by atoms with Crippen LogP contribution in [0.4, 0.5) is 11.4 Å². The van der Waals surface area contributed by atoms with E-state index in [-0.39, 0.29) is 32.0 Å². The maximum absolute atomic E-state index is 12.6. The van der Waals surface area contributed by atoms with Crippen LogP contribution in [0, 0.1) is 0 Å². The minimum absolute atomic E-state index is 0.0351. The van der Waals surface area contributed by atoms with Gasteiger partial charge in [-0.15, -0.1) is 0 Å². The number of nitrogens with zero attached hydrogens (tertiary/aromatic N) is 2. The van der Waals surface area contributed by atoms with Crippen molar-refractivity contribution in [3.05, 3.63) is 153 Å². The number of anilines is 2. The molecule has 0 aliphatic heterocycles. The Hall–Kier alpha value is -4.46. The predicted octanol–water partition coefficient (Wildman–Crippen LogP) is 10.1. The number of benzene rings is 4. The van der Waals surface area contributed by atoms with Gasteiger partial charge in [0.2, 0.25) is 0 Å². The van der Waals surface area contributed by atoms with Crippen molar-refractivity contribution in [3.63, 3.8) is 0 Å². The first-order valence-corrected chi connectivity index (χ1v) is 21.6. The number of nitrogen functional groups attached to an aromatic ring is 1. The second-order valence-electron chi connectivity index (χ2n) is 11.7. The van der Waals surface area contributed by atoms with E-state index >= 15 is 0 Å². The average Bonchev–Trinajstić information content (AvgIpc) is 3.13. The lowest BCUT2D eigenvalue weighted by molar-refractivity contribution is 0.102. The predicted molar refractivity (Wildman–Crippen MR) is 227 cm³/mol. The third-order valence-corrected chi connectivity index (χ3v) is 11.2. The number of amides is 1. The molecule has 6 aromatic rings. The quantitative estimate of drug-likeness (QED) is 0.0915. The van der Waals surface area contributed by atoms with Crippen molar-refractivity contribution in [2.75, 3.05) is 23.6 Å². The molecule has 0 saturated carbocycles. The summed E-state index contributed by atoms with van der Waals surface area (Å²) in [4.78, 5) is 32.4. The zero-order valence-corrected chi connectivity index (χ0v) is 34.4. The summed E-state index contributed by atoms with van der Waals surface area (Å²) in [5.74, 6) is 3.24. The van der Waals surface area contributed by atoms with Gasteiger partial charge in [0, 0.05) is 52.3 Å². The molecule has 16 heteroatoms. The number of rotatable bonds is 7. The van der Waals surface area contributed by atoms with E-state index in [1.165, 1.54) is 36.6 Å². The number of nitrogens with two attached hydrogens (primary N) is 1. The van der Waals surface area contributed by atoms with Crippen LogP contribution >= 0.6 is 58.0 Å². The van der Waals surface area contributed by atoms with Crippen LogP contribution in [0.25, 0.3) is 22.5 Å². The molecule has 4 aromatic carbocycles. The Bertz CT molecular complexity index is 2580. The Morgan fingerprint density at radius 3 is 1.64 bits per heavy atom. The summed E-state index contributed by atoms with van der Waals surface area (Å²) in [5, 5.41) is 3.52. The van der Waals surface area contributed by atoms with Gasteiger partial charge in [0.05, 0.1) is 47.5 Å². The maximum atomic E-state index is 12.6. The van der Waals surface area contributed by atoms with Gasteiger partial charge in [0.1, 0.15) is 0 Å². The summed E-state index contributed by atoms with van der Waals surface area (Å²) in [6.07, 6.45) is 5.98. The highest BCUT2D eigenvalue weighted by Crippen LogP contribution is 2.31. The normalized spacial score (nSPS) is 11.8. The van der Waals surface area contributed by atoms with Crippen LogP contribution in [0.1, 0.15) is 20.7 Å². The second-order valence-corrected chi connectivity index (χ2v) is 18.1. The van der Waals surface area contributed by atoms with Gasteiger partial charge in [-0.05, 0) is 124 Å². The second kappa shape index (κ2) is 18.9. The molecule has 284 valence electrons. The number of nitrogens with one attached hydrogen (secondary N) is 1. The van der Waals surface area contributed by atoms with E-state index in [2.05, 4.69) is 21.2 Å². The Morgan fingerprint density at radius 2 is 1.15 bits per heavy atom. The number of pyridine rings is 2. The molecule has 0 aliphatic carbocycles. The van der Waals surface area contributed by atoms with Crippen molar-refractivity contribution >= 4 is 106 Å². The number of carbonyl (C=O) groups is 2. The first kappa shape index (κ1) is 43.3. The largest absolute Gasteiger partial charge is 0.399 e. The number of aromatic nitrogens is 2. The number of carbonyl (C=O) groups excluding carboxylic acids is 2. The van der Waals surface area contributed by atoms with E-state index in [1.807, 2.05) is 42.5 Å². The van der Waals surface area contributed by atoms with Crippen molar-refractivity contribution in [1.82, 2.24) is 9.97 Å². The van der Waals surface area contributed by atoms with E-state index in [0.29, 0.717) is 37.6 Å². The molecule has 1 atom stereocenters. The van der Waals surface area contributed by atoms with E-state index < -0.39 is 24.6 Å². The van der Waals surface area contributed by atoms with Crippen LogP contribution < -0.4 is 11.1 Å². The molecule has 1 unspecified atom stereocenters. The van der Waals surface area contributed by atoms with Crippen LogP contribution in [0.2, 0.25) is 20.1 Å². The molecule has 6 rings (SSSR count). The van der Waals surface area contributed by atoms with Gasteiger partial charge >= 0.3 is 0 Å². The number of hydrogen-bond donors (Lipinski definition) is 2. The molecule has 0 aliphatic rings. The van der Waals surface area contributed by atoms with Gasteiger partial charge in [-0.25, -0.2) is 8.42 Å². The average molecular weight is 877 g/mol. The molecule has 0 saturated heterocycles. The lowest BCUT2D eigenvalue weighted by Gasteiger charge is -2.11. The van der Waals surface area contributed by atoms with Crippen LogP contribution in [0.15, 0.2) is 131 Å². The van der Waals surface area contributed by atoms with Gasteiger partial charge in [0.15, 0.2) is 9.84 Å². The number of sulfone groups is 1. The molecular weight excluding hydrogens is 846 g/mol. The molecule has 1 amide bonds. The molecule has 0 bridgehead atoms. The smallest absolute Gasteiger partial charge is 0.257 e. The summed E-state index contributed by atoms with van der Waals surface area (Å²) in [6, 6.07) is 30.1. The zero-order valence-electron chi connectivity index (χ0n) is 29.0. The monoisotopic (exact) mass is 874 g/mol. The molecule has 0 spiro atoms. The summed E-state index contributed by atoms with van der Waals surface area (Å²) in [5.41, 5.74) is 10.4. The van der Waals surface area contributed by atoms with Crippen LogP contribution in [0.3, 0.4) is 0 Å². The van der Waals surface area contributed by atoms with E-state index in [4.69, 9.17) is 63.7 Å². The first-order valence-electron chi connectivity index (χ1n) is 15.6. The van der Waals surface area contributed by atoms with Gasteiger partial charge < -0.3 is 11.1 Å². The van der Waals surface area contributed by atoms with Crippen molar-refractivity contribution in [1.29, 1.82) is 0 Å². The van der Waals surface area contributed by atoms with Crippen LogP contribution in [-0.2, 0) is 19.4 Å². The first-order chi connectivity index (χ1) is 25.8. The van der Waals surface area contributed by atoms with Crippen molar-refractivity contribution < 1.29 is 22.2 Å². The van der Waals surface area contributed by atoms with E-state index in [9.17, 15) is 22.2 Å². The molecule has 0 fully saturated rings. The lowest BCUT2D eigenvalue weighted by atomic mass is 10.1. The highest BCUT2D eigenvalue weighted by Gasteiger charge is 2.15. The summed E-state index contributed by atoms with van der Waals surface area (Å²) < 4.78 is 34.2.